The Balaban J connectivity index is 3.20. The zero-order valence-electron chi connectivity index (χ0n) is 7.68. The van der Waals surface area contributed by atoms with Crippen LogP contribution in [0.1, 0.15) is 32.9 Å². The topological polar surface area (TPSA) is 17.8 Å². The molecule has 2 nitrogen and oxygen atoms in total. The van der Waals surface area contributed by atoms with Gasteiger partial charge in [-0.05, 0) is 20.8 Å². The Morgan fingerprint density at radius 1 is 1.46 bits per heavy atom. The van der Waals surface area contributed by atoms with Gasteiger partial charge in [0.1, 0.15) is 5.69 Å². The Bertz CT molecular complexity index is 302. The van der Waals surface area contributed by atoms with Crippen molar-refractivity contribution in [3.8, 4) is 0 Å². The summed E-state index contributed by atoms with van der Waals surface area (Å²) in [4.78, 5) is 0. The van der Waals surface area contributed by atoms with Gasteiger partial charge in [-0.1, -0.05) is 11.6 Å². The lowest BCUT2D eigenvalue weighted by Gasteiger charge is -2.21. The van der Waals surface area contributed by atoms with Crippen molar-refractivity contribution in [2.24, 2.45) is 0 Å². The average Bonchev–Trinajstić information content (AvgIpc) is 2.29. The molecule has 0 amide bonds. The predicted octanol–water partition coefficient (Wildman–Crippen LogP) is 3.23. The standard InChI is InChI=1S/C8H11ClF2N2/c1-8(2,3)13-5(7(10)11)4-6(9)12-13/h4,7H,1-3H3. The number of halogens is 3. The summed E-state index contributed by atoms with van der Waals surface area (Å²) in [5, 5.41) is 3.91. The lowest BCUT2D eigenvalue weighted by molar-refractivity contribution is 0.130. The molecule has 0 radical (unpaired) electrons. The second kappa shape index (κ2) is 3.25. The summed E-state index contributed by atoms with van der Waals surface area (Å²) in [6, 6.07) is 1.19. The van der Waals surface area contributed by atoms with Crippen molar-refractivity contribution < 1.29 is 8.78 Å². The Hall–Kier alpha value is -0.640. The molecule has 74 valence electrons. The molecule has 1 heterocycles. The van der Waals surface area contributed by atoms with Crippen molar-refractivity contribution in [3.05, 3.63) is 16.9 Å². The number of alkyl halides is 2. The molecule has 0 fully saturated rings. The number of rotatable bonds is 1. The van der Waals surface area contributed by atoms with E-state index in [1.165, 1.54) is 10.7 Å². The van der Waals surface area contributed by atoms with E-state index in [0.29, 0.717) is 0 Å². The predicted molar refractivity (Wildman–Crippen MR) is 47.2 cm³/mol. The molecule has 0 aromatic carbocycles. The van der Waals surface area contributed by atoms with Gasteiger partial charge in [-0.3, -0.25) is 4.68 Å². The Morgan fingerprint density at radius 2 is 2.00 bits per heavy atom. The highest BCUT2D eigenvalue weighted by atomic mass is 35.5. The molecule has 0 atom stereocenters. The van der Waals surface area contributed by atoms with Gasteiger partial charge < -0.3 is 0 Å². The van der Waals surface area contributed by atoms with Crippen LogP contribution in [0.2, 0.25) is 5.15 Å². The minimum absolute atomic E-state index is 0.102. The Kier molecular flexibility index (Phi) is 2.61. The highest BCUT2D eigenvalue weighted by Gasteiger charge is 2.23. The van der Waals surface area contributed by atoms with Crippen LogP contribution in [0.4, 0.5) is 8.78 Å². The summed E-state index contributed by atoms with van der Waals surface area (Å²) in [6.45, 7) is 5.38. The molecule has 1 rings (SSSR count). The van der Waals surface area contributed by atoms with E-state index in [-0.39, 0.29) is 10.8 Å². The summed E-state index contributed by atoms with van der Waals surface area (Å²) < 4.78 is 26.2. The molecule has 0 aliphatic heterocycles. The first kappa shape index (κ1) is 10.4. The van der Waals surface area contributed by atoms with Crippen LogP contribution in [0.15, 0.2) is 6.07 Å². The number of nitrogens with zero attached hydrogens (tertiary/aromatic N) is 2. The van der Waals surface area contributed by atoms with Crippen molar-refractivity contribution in [1.29, 1.82) is 0 Å². The molecule has 0 unspecified atom stereocenters. The molecule has 5 heteroatoms. The summed E-state index contributed by atoms with van der Waals surface area (Å²) in [6.07, 6.45) is -2.54. The summed E-state index contributed by atoms with van der Waals surface area (Å²) in [7, 11) is 0. The molecule has 0 saturated carbocycles. The van der Waals surface area contributed by atoms with Crippen LogP contribution in [0.5, 0.6) is 0 Å². The minimum atomic E-state index is -2.54. The van der Waals surface area contributed by atoms with Crippen LogP contribution in [-0.2, 0) is 5.54 Å². The summed E-state index contributed by atoms with van der Waals surface area (Å²) in [5.74, 6) is 0. The van der Waals surface area contributed by atoms with Gasteiger partial charge in [-0.15, -0.1) is 0 Å². The monoisotopic (exact) mass is 208 g/mol. The van der Waals surface area contributed by atoms with Crippen molar-refractivity contribution in [3.63, 3.8) is 0 Å². The molecule has 1 aromatic rings. The summed E-state index contributed by atoms with van der Waals surface area (Å²) in [5.41, 5.74) is -0.615. The van der Waals surface area contributed by atoms with E-state index >= 15 is 0 Å². The van der Waals surface area contributed by atoms with Gasteiger partial charge >= 0.3 is 0 Å². The van der Waals surface area contributed by atoms with E-state index in [2.05, 4.69) is 5.10 Å². The van der Waals surface area contributed by atoms with Gasteiger partial charge in [-0.2, -0.15) is 5.10 Å². The van der Waals surface area contributed by atoms with Crippen LogP contribution in [0, 0.1) is 0 Å². The number of aromatic nitrogens is 2. The van der Waals surface area contributed by atoms with E-state index in [4.69, 9.17) is 11.6 Å². The molecule has 0 N–H and O–H groups in total. The maximum Gasteiger partial charge on any atom is 0.280 e. The number of hydrogen-bond donors (Lipinski definition) is 0. The normalized spacial score (nSPS) is 12.5. The first-order valence-corrected chi connectivity index (χ1v) is 4.24. The smallest absolute Gasteiger partial charge is 0.257 e. The third kappa shape index (κ3) is 2.18. The maximum absolute atomic E-state index is 12.5. The SMILES string of the molecule is CC(C)(C)n1nc(Cl)cc1C(F)F. The van der Waals surface area contributed by atoms with Crippen molar-refractivity contribution in [1.82, 2.24) is 9.78 Å². The second-order valence-electron chi connectivity index (χ2n) is 3.78. The zero-order chi connectivity index (χ0) is 10.2. The van der Waals surface area contributed by atoms with E-state index in [9.17, 15) is 8.78 Å². The lowest BCUT2D eigenvalue weighted by atomic mass is 10.1. The summed E-state index contributed by atoms with van der Waals surface area (Å²) >= 11 is 5.55. The quantitative estimate of drug-likeness (QED) is 0.693. The van der Waals surface area contributed by atoms with Crippen molar-refractivity contribution >= 4 is 11.6 Å². The van der Waals surface area contributed by atoms with Crippen LogP contribution < -0.4 is 0 Å². The van der Waals surface area contributed by atoms with Gasteiger partial charge in [-0.25, -0.2) is 8.78 Å². The van der Waals surface area contributed by atoms with Crippen LogP contribution in [0.3, 0.4) is 0 Å². The first-order chi connectivity index (χ1) is 5.82. The van der Waals surface area contributed by atoms with Crippen molar-refractivity contribution in [2.45, 2.75) is 32.7 Å². The van der Waals surface area contributed by atoms with E-state index < -0.39 is 12.0 Å². The van der Waals surface area contributed by atoms with Gasteiger partial charge in [0.25, 0.3) is 6.43 Å². The molecule has 0 spiro atoms. The fraction of sp³-hybridized carbons (Fsp3) is 0.625. The molecular weight excluding hydrogens is 198 g/mol. The maximum atomic E-state index is 12.5. The largest absolute Gasteiger partial charge is 0.280 e. The molecule has 0 bridgehead atoms. The fourth-order valence-corrected chi connectivity index (χ4v) is 1.25. The van der Waals surface area contributed by atoms with Crippen LogP contribution >= 0.6 is 11.6 Å². The third-order valence-electron chi connectivity index (χ3n) is 1.57. The third-order valence-corrected chi connectivity index (χ3v) is 1.75. The minimum Gasteiger partial charge on any atom is -0.257 e. The Morgan fingerprint density at radius 3 is 2.31 bits per heavy atom. The Labute approximate surface area is 80.5 Å². The molecule has 1 aromatic heterocycles. The van der Waals surface area contributed by atoms with Crippen LogP contribution in [-0.4, -0.2) is 9.78 Å². The van der Waals surface area contributed by atoms with E-state index in [0.717, 1.165) is 0 Å². The molecule has 0 aliphatic rings. The molecular formula is C8H11ClF2N2. The fourth-order valence-electron chi connectivity index (χ4n) is 1.06. The van der Waals surface area contributed by atoms with Gasteiger partial charge in [0, 0.05) is 6.07 Å². The first-order valence-electron chi connectivity index (χ1n) is 3.86. The van der Waals surface area contributed by atoms with Gasteiger partial charge in [0.05, 0.1) is 5.54 Å². The lowest BCUT2D eigenvalue weighted by Crippen LogP contribution is -2.25. The number of hydrogen-bond acceptors (Lipinski definition) is 1. The van der Waals surface area contributed by atoms with Crippen molar-refractivity contribution in [2.75, 3.05) is 0 Å². The zero-order valence-corrected chi connectivity index (χ0v) is 8.44. The van der Waals surface area contributed by atoms with Gasteiger partial charge in [0.2, 0.25) is 0 Å². The van der Waals surface area contributed by atoms with E-state index in [1.807, 2.05) is 0 Å². The molecule has 0 saturated heterocycles. The molecule has 13 heavy (non-hydrogen) atoms. The van der Waals surface area contributed by atoms with E-state index in [1.54, 1.807) is 20.8 Å². The molecule has 0 aliphatic carbocycles. The second-order valence-corrected chi connectivity index (χ2v) is 4.16. The van der Waals surface area contributed by atoms with Gasteiger partial charge in [0.15, 0.2) is 5.15 Å². The average molecular weight is 209 g/mol. The highest BCUT2D eigenvalue weighted by Crippen LogP contribution is 2.27. The van der Waals surface area contributed by atoms with Crippen LogP contribution in [0.25, 0.3) is 0 Å². The highest BCUT2D eigenvalue weighted by molar-refractivity contribution is 6.29.